The summed E-state index contributed by atoms with van der Waals surface area (Å²) in [6.45, 7) is 4.25. The number of benzene rings is 1. The van der Waals surface area contributed by atoms with E-state index in [0.29, 0.717) is 46.6 Å². The summed E-state index contributed by atoms with van der Waals surface area (Å²) >= 11 is 11.7. The number of halogens is 2. The molecule has 0 saturated heterocycles. The zero-order chi connectivity index (χ0) is 21.2. The molecule has 2 rings (SSSR count). The van der Waals surface area contributed by atoms with Crippen LogP contribution in [0.2, 0.25) is 10.0 Å². The minimum absolute atomic E-state index is 0.207. The van der Waals surface area contributed by atoms with Crippen LogP contribution in [0.15, 0.2) is 48.9 Å². The number of aromatic nitrogens is 1. The number of rotatable bonds is 10. The molecule has 0 aliphatic carbocycles. The molecule has 0 radical (unpaired) electrons. The van der Waals surface area contributed by atoms with E-state index in [1.807, 2.05) is 0 Å². The first-order valence-corrected chi connectivity index (χ1v) is 9.41. The third kappa shape index (κ3) is 7.73. The highest BCUT2D eigenvalue weighted by atomic mass is 35.5. The van der Waals surface area contributed by atoms with Gasteiger partial charge in [-0.1, -0.05) is 29.8 Å². The van der Waals surface area contributed by atoms with Gasteiger partial charge in [-0.2, -0.15) is 0 Å². The van der Waals surface area contributed by atoms with Crippen LogP contribution in [0.25, 0.3) is 0 Å². The summed E-state index contributed by atoms with van der Waals surface area (Å²) in [6, 6.07) is 6.43. The lowest BCUT2D eigenvalue weighted by Crippen LogP contribution is -2.31. The van der Waals surface area contributed by atoms with Crippen molar-refractivity contribution >= 4 is 35.0 Å². The van der Waals surface area contributed by atoms with Crippen LogP contribution < -0.4 is 15.4 Å². The van der Waals surface area contributed by atoms with Gasteiger partial charge >= 0.3 is 0 Å². The Labute approximate surface area is 179 Å². The second-order valence-corrected chi connectivity index (χ2v) is 6.85. The van der Waals surface area contributed by atoms with E-state index in [9.17, 15) is 9.59 Å². The predicted octanol–water partition coefficient (Wildman–Crippen LogP) is 3.36. The van der Waals surface area contributed by atoms with Crippen LogP contribution in [-0.4, -0.2) is 37.1 Å². The Morgan fingerprint density at radius 1 is 1.17 bits per heavy atom. The number of pyridine rings is 1. The first-order valence-electron chi connectivity index (χ1n) is 8.65. The smallest absolute Gasteiger partial charge is 0.262 e. The normalized spacial score (nSPS) is 10.3. The summed E-state index contributed by atoms with van der Waals surface area (Å²) in [5, 5.41) is 6.11. The van der Waals surface area contributed by atoms with E-state index < -0.39 is 0 Å². The van der Waals surface area contributed by atoms with E-state index in [1.54, 1.807) is 31.5 Å². The number of hydrogen-bond donors (Lipinski definition) is 2. The summed E-state index contributed by atoms with van der Waals surface area (Å²) in [5.74, 6) is -0.210. The number of hydrogen-bond acceptors (Lipinski definition) is 5. The molecule has 2 aromatic rings. The van der Waals surface area contributed by atoms with Gasteiger partial charge in [0.2, 0.25) is 0 Å². The molecule has 29 heavy (non-hydrogen) atoms. The van der Waals surface area contributed by atoms with Gasteiger partial charge < -0.3 is 20.1 Å². The second kappa shape index (κ2) is 11.4. The molecule has 0 aliphatic heterocycles. The predicted molar refractivity (Wildman–Crippen MR) is 111 cm³/mol. The molecule has 0 atom stereocenters. The lowest BCUT2D eigenvalue weighted by atomic mass is 10.2. The van der Waals surface area contributed by atoms with E-state index in [4.69, 9.17) is 32.7 Å². The van der Waals surface area contributed by atoms with Crippen molar-refractivity contribution in [2.24, 2.45) is 0 Å². The van der Waals surface area contributed by atoms with E-state index in [1.165, 1.54) is 12.3 Å². The Bertz CT molecular complexity index is 890. The van der Waals surface area contributed by atoms with Crippen molar-refractivity contribution in [1.82, 2.24) is 15.6 Å². The Morgan fingerprint density at radius 2 is 1.97 bits per heavy atom. The van der Waals surface area contributed by atoms with Crippen LogP contribution in [0.4, 0.5) is 0 Å². The van der Waals surface area contributed by atoms with Crippen LogP contribution in [0.3, 0.4) is 0 Å². The average Bonchev–Trinajstić information content (AvgIpc) is 2.69. The molecule has 0 unspecified atom stereocenters. The summed E-state index contributed by atoms with van der Waals surface area (Å²) in [6.07, 6.45) is 3.48. The molecular formula is C20H21Cl2N3O4. The lowest BCUT2D eigenvalue weighted by Gasteiger charge is -2.11. The molecule has 1 heterocycles. The number of nitrogens with zero attached hydrogens (tertiary/aromatic N) is 1. The van der Waals surface area contributed by atoms with Crippen molar-refractivity contribution in [1.29, 1.82) is 0 Å². The summed E-state index contributed by atoms with van der Waals surface area (Å²) in [7, 11) is 1.57. The zero-order valence-corrected chi connectivity index (χ0v) is 17.3. The highest BCUT2D eigenvalue weighted by Gasteiger charge is 2.09. The molecule has 1 aromatic heterocycles. The Balaban J connectivity index is 1.70. The third-order valence-corrected chi connectivity index (χ3v) is 4.40. The van der Waals surface area contributed by atoms with Gasteiger partial charge in [0.15, 0.2) is 6.61 Å². The van der Waals surface area contributed by atoms with Crippen LogP contribution >= 0.6 is 23.2 Å². The van der Waals surface area contributed by atoms with Crippen LogP contribution in [0, 0.1) is 0 Å². The number of carbonyl (C=O) groups excluding carboxylic acids is 2. The van der Waals surface area contributed by atoms with E-state index >= 15 is 0 Å². The second-order valence-electron chi connectivity index (χ2n) is 6.04. The number of carbonyl (C=O) groups is 2. The molecule has 0 saturated carbocycles. The SMILES string of the molecule is C=C(CCNC(=O)c1cncc(COC)c1)NC(=O)COc1ccc(Cl)c(Cl)c1. The number of nitrogens with one attached hydrogen (secondary N) is 2. The molecule has 154 valence electrons. The van der Waals surface area contributed by atoms with Crippen LogP contribution in [0.5, 0.6) is 5.75 Å². The van der Waals surface area contributed by atoms with Gasteiger partial charge in [-0.25, -0.2) is 0 Å². The monoisotopic (exact) mass is 437 g/mol. The molecule has 0 aliphatic rings. The molecule has 0 bridgehead atoms. The molecule has 9 heteroatoms. The minimum Gasteiger partial charge on any atom is -0.484 e. The highest BCUT2D eigenvalue weighted by Crippen LogP contribution is 2.26. The molecule has 0 fully saturated rings. The molecule has 2 amide bonds. The van der Waals surface area contributed by atoms with Gasteiger partial charge in [0.05, 0.1) is 22.2 Å². The van der Waals surface area contributed by atoms with Gasteiger partial charge in [0, 0.05) is 44.2 Å². The maximum absolute atomic E-state index is 12.2. The number of ether oxygens (including phenoxy) is 2. The van der Waals surface area contributed by atoms with Crippen molar-refractivity contribution in [3.63, 3.8) is 0 Å². The lowest BCUT2D eigenvalue weighted by molar-refractivity contribution is -0.122. The maximum atomic E-state index is 12.2. The third-order valence-electron chi connectivity index (χ3n) is 3.66. The standard InChI is InChI=1S/C20H21Cl2N3O4/c1-13(25-19(26)12-29-16-3-4-17(21)18(22)8-16)5-6-24-20(27)15-7-14(11-28-2)9-23-10-15/h3-4,7-10H,1,5-6,11-12H2,2H3,(H,24,27)(H,25,26). The fraction of sp³-hybridized carbons (Fsp3) is 0.250. The molecule has 2 N–H and O–H groups in total. The average molecular weight is 438 g/mol. The fourth-order valence-electron chi connectivity index (χ4n) is 2.30. The van der Waals surface area contributed by atoms with Gasteiger partial charge in [0.25, 0.3) is 11.8 Å². The van der Waals surface area contributed by atoms with Gasteiger partial charge in [-0.3, -0.25) is 14.6 Å². The zero-order valence-electron chi connectivity index (χ0n) is 15.8. The first kappa shape index (κ1) is 22.7. The van der Waals surface area contributed by atoms with Crippen molar-refractivity contribution in [2.45, 2.75) is 13.0 Å². The van der Waals surface area contributed by atoms with E-state index in [2.05, 4.69) is 22.2 Å². The highest BCUT2D eigenvalue weighted by molar-refractivity contribution is 6.42. The Hall–Kier alpha value is -2.61. The van der Waals surface area contributed by atoms with Crippen molar-refractivity contribution in [3.8, 4) is 5.75 Å². The molecule has 7 nitrogen and oxygen atoms in total. The molecule has 1 aromatic carbocycles. The molecular weight excluding hydrogens is 417 g/mol. The summed E-state index contributed by atoms with van der Waals surface area (Å²) in [4.78, 5) is 28.1. The van der Waals surface area contributed by atoms with Crippen molar-refractivity contribution in [3.05, 3.63) is 70.1 Å². The quantitative estimate of drug-likeness (QED) is 0.594. The van der Waals surface area contributed by atoms with Gasteiger partial charge in [-0.15, -0.1) is 0 Å². The van der Waals surface area contributed by atoms with Crippen LogP contribution in [0.1, 0.15) is 22.3 Å². The Morgan fingerprint density at radius 3 is 2.69 bits per heavy atom. The van der Waals surface area contributed by atoms with E-state index in [-0.39, 0.29) is 18.4 Å². The topological polar surface area (TPSA) is 89.5 Å². The van der Waals surface area contributed by atoms with Crippen LogP contribution in [-0.2, 0) is 16.1 Å². The molecule has 0 spiro atoms. The van der Waals surface area contributed by atoms with E-state index in [0.717, 1.165) is 5.56 Å². The Kier molecular flexibility index (Phi) is 8.92. The van der Waals surface area contributed by atoms with Crippen molar-refractivity contribution < 1.29 is 19.1 Å². The first-order chi connectivity index (χ1) is 13.9. The van der Waals surface area contributed by atoms with Gasteiger partial charge in [-0.05, 0) is 23.8 Å². The fourth-order valence-corrected chi connectivity index (χ4v) is 2.59. The number of amides is 2. The largest absolute Gasteiger partial charge is 0.484 e. The van der Waals surface area contributed by atoms with Crippen molar-refractivity contribution in [2.75, 3.05) is 20.3 Å². The number of methoxy groups -OCH3 is 1. The summed E-state index contributed by atoms with van der Waals surface area (Å²) in [5.41, 5.74) is 1.70. The minimum atomic E-state index is -0.371. The maximum Gasteiger partial charge on any atom is 0.262 e. The summed E-state index contributed by atoms with van der Waals surface area (Å²) < 4.78 is 10.4. The van der Waals surface area contributed by atoms with Gasteiger partial charge in [0.1, 0.15) is 5.75 Å².